The molecule has 1 aliphatic rings. The smallest absolute Gasteiger partial charge is 0.144 e. The first-order chi connectivity index (χ1) is 7.72. The molecule has 0 amide bonds. The highest BCUT2D eigenvalue weighted by Crippen LogP contribution is 2.36. The number of aromatic nitrogens is 2. The lowest BCUT2D eigenvalue weighted by atomic mass is 9.85. The lowest BCUT2D eigenvalue weighted by molar-refractivity contribution is 0.401. The van der Waals surface area contributed by atoms with Crippen molar-refractivity contribution in [1.82, 2.24) is 9.97 Å². The molecule has 1 heterocycles. The first kappa shape index (κ1) is 11.8. The van der Waals surface area contributed by atoms with Crippen LogP contribution in [0.1, 0.15) is 50.0 Å². The van der Waals surface area contributed by atoms with E-state index in [0.29, 0.717) is 5.92 Å². The number of nitrogens with zero attached hydrogens (tertiary/aromatic N) is 2. The van der Waals surface area contributed by atoms with Crippen LogP contribution >= 0.6 is 15.9 Å². The predicted molar refractivity (Wildman–Crippen MR) is 69.8 cm³/mol. The molecule has 0 spiro atoms. The predicted octanol–water partition coefficient (Wildman–Crippen LogP) is 3.64. The molecule has 1 fully saturated rings. The quantitative estimate of drug-likeness (QED) is 0.917. The van der Waals surface area contributed by atoms with E-state index in [-0.39, 0.29) is 0 Å². The Balaban J connectivity index is 2.23. The van der Waals surface area contributed by atoms with E-state index in [1.807, 2.05) is 6.92 Å². The van der Waals surface area contributed by atoms with Crippen molar-refractivity contribution >= 4 is 21.7 Å². The molecular weight excluding hydrogens is 266 g/mol. The van der Waals surface area contributed by atoms with Gasteiger partial charge in [-0.05, 0) is 42.1 Å². The standard InChI is InChI=1S/C12H18BrN3/c1-3-7-14-12-10(13)8(2)15-11(16-12)9-5-4-6-9/h9H,3-7H2,1-2H3,(H,14,15,16). The first-order valence-corrected chi connectivity index (χ1v) is 6.79. The van der Waals surface area contributed by atoms with Crippen LogP contribution in [0, 0.1) is 6.92 Å². The van der Waals surface area contributed by atoms with Crippen LogP contribution in [-0.2, 0) is 0 Å². The summed E-state index contributed by atoms with van der Waals surface area (Å²) in [4.78, 5) is 9.19. The molecule has 0 atom stereocenters. The van der Waals surface area contributed by atoms with Crippen molar-refractivity contribution in [3.05, 3.63) is 16.0 Å². The maximum absolute atomic E-state index is 4.62. The molecule has 88 valence electrons. The zero-order valence-electron chi connectivity index (χ0n) is 9.89. The van der Waals surface area contributed by atoms with Gasteiger partial charge in [-0.25, -0.2) is 9.97 Å². The number of hydrogen-bond acceptors (Lipinski definition) is 3. The summed E-state index contributed by atoms with van der Waals surface area (Å²) >= 11 is 3.55. The van der Waals surface area contributed by atoms with Gasteiger partial charge >= 0.3 is 0 Å². The molecular formula is C12H18BrN3. The van der Waals surface area contributed by atoms with Gasteiger partial charge in [0.2, 0.25) is 0 Å². The van der Waals surface area contributed by atoms with Crippen LogP contribution < -0.4 is 5.32 Å². The molecule has 1 aromatic heterocycles. The van der Waals surface area contributed by atoms with Gasteiger partial charge < -0.3 is 5.32 Å². The number of anilines is 1. The van der Waals surface area contributed by atoms with Crippen LogP contribution in [0.25, 0.3) is 0 Å². The molecule has 16 heavy (non-hydrogen) atoms. The highest BCUT2D eigenvalue weighted by molar-refractivity contribution is 9.10. The molecule has 0 aliphatic heterocycles. The largest absolute Gasteiger partial charge is 0.369 e. The Kier molecular flexibility index (Phi) is 3.79. The molecule has 0 radical (unpaired) electrons. The normalized spacial score (nSPS) is 15.9. The lowest BCUT2D eigenvalue weighted by Crippen LogP contribution is -2.15. The fourth-order valence-corrected chi connectivity index (χ4v) is 2.11. The Morgan fingerprint density at radius 2 is 2.12 bits per heavy atom. The monoisotopic (exact) mass is 283 g/mol. The van der Waals surface area contributed by atoms with E-state index >= 15 is 0 Å². The zero-order valence-corrected chi connectivity index (χ0v) is 11.5. The van der Waals surface area contributed by atoms with Crippen molar-refractivity contribution in [2.24, 2.45) is 0 Å². The molecule has 0 aromatic carbocycles. The Hall–Kier alpha value is -0.640. The van der Waals surface area contributed by atoms with Crippen LogP contribution in [0.5, 0.6) is 0 Å². The topological polar surface area (TPSA) is 37.8 Å². The summed E-state index contributed by atoms with van der Waals surface area (Å²) < 4.78 is 1.00. The van der Waals surface area contributed by atoms with Gasteiger partial charge in [-0.15, -0.1) is 0 Å². The summed E-state index contributed by atoms with van der Waals surface area (Å²) in [6.07, 6.45) is 4.91. The molecule has 3 nitrogen and oxygen atoms in total. The third kappa shape index (κ3) is 2.37. The van der Waals surface area contributed by atoms with Gasteiger partial charge in [0, 0.05) is 12.5 Å². The van der Waals surface area contributed by atoms with Crippen molar-refractivity contribution in [2.75, 3.05) is 11.9 Å². The van der Waals surface area contributed by atoms with E-state index in [1.54, 1.807) is 0 Å². The summed E-state index contributed by atoms with van der Waals surface area (Å²) in [5.41, 5.74) is 1.04. The van der Waals surface area contributed by atoms with Crippen molar-refractivity contribution in [2.45, 2.75) is 45.4 Å². The molecule has 1 saturated carbocycles. The van der Waals surface area contributed by atoms with Crippen LogP contribution in [0.2, 0.25) is 0 Å². The van der Waals surface area contributed by atoms with Gasteiger partial charge in [0.25, 0.3) is 0 Å². The van der Waals surface area contributed by atoms with E-state index in [9.17, 15) is 0 Å². The maximum atomic E-state index is 4.62. The fourth-order valence-electron chi connectivity index (χ4n) is 1.79. The minimum Gasteiger partial charge on any atom is -0.369 e. The van der Waals surface area contributed by atoms with Gasteiger partial charge in [-0.1, -0.05) is 13.3 Å². The third-order valence-electron chi connectivity index (χ3n) is 3.05. The molecule has 0 bridgehead atoms. The molecule has 1 aliphatic carbocycles. The van der Waals surface area contributed by atoms with Crippen LogP contribution in [-0.4, -0.2) is 16.5 Å². The third-order valence-corrected chi connectivity index (χ3v) is 4.00. The molecule has 1 aromatic rings. The first-order valence-electron chi connectivity index (χ1n) is 6.00. The summed E-state index contributed by atoms with van der Waals surface area (Å²) in [5, 5.41) is 3.35. The van der Waals surface area contributed by atoms with E-state index in [0.717, 1.165) is 34.8 Å². The molecule has 0 saturated heterocycles. The molecule has 1 N–H and O–H groups in total. The van der Waals surface area contributed by atoms with E-state index < -0.39 is 0 Å². The SMILES string of the molecule is CCCNc1nc(C2CCC2)nc(C)c1Br. The highest BCUT2D eigenvalue weighted by Gasteiger charge is 2.23. The van der Waals surface area contributed by atoms with Gasteiger partial charge in [-0.2, -0.15) is 0 Å². The van der Waals surface area contributed by atoms with Crippen molar-refractivity contribution < 1.29 is 0 Å². The van der Waals surface area contributed by atoms with E-state index in [1.165, 1.54) is 19.3 Å². The average Bonchev–Trinajstić information content (AvgIpc) is 2.18. The second-order valence-electron chi connectivity index (χ2n) is 4.38. The average molecular weight is 284 g/mol. The van der Waals surface area contributed by atoms with Crippen LogP contribution in [0.15, 0.2) is 4.47 Å². The van der Waals surface area contributed by atoms with Crippen LogP contribution in [0.4, 0.5) is 5.82 Å². The van der Waals surface area contributed by atoms with Crippen LogP contribution in [0.3, 0.4) is 0 Å². The van der Waals surface area contributed by atoms with Gasteiger partial charge in [-0.3, -0.25) is 0 Å². The molecule has 4 heteroatoms. The Bertz CT molecular complexity index is 375. The van der Waals surface area contributed by atoms with Gasteiger partial charge in [0.15, 0.2) is 0 Å². The Labute approximate surface area is 105 Å². The van der Waals surface area contributed by atoms with Crippen molar-refractivity contribution in [3.8, 4) is 0 Å². The highest BCUT2D eigenvalue weighted by atomic mass is 79.9. The van der Waals surface area contributed by atoms with Crippen molar-refractivity contribution in [3.63, 3.8) is 0 Å². The number of hydrogen-bond donors (Lipinski definition) is 1. The Morgan fingerprint density at radius 1 is 1.38 bits per heavy atom. The maximum Gasteiger partial charge on any atom is 0.144 e. The molecule has 2 rings (SSSR count). The number of rotatable bonds is 4. The number of nitrogens with one attached hydrogen (secondary N) is 1. The summed E-state index contributed by atoms with van der Waals surface area (Å²) in [6, 6.07) is 0. The van der Waals surface area contributed by atoms with E-state index in [2.05, 4.69) is 38.1 Å². The summed E-state index contributed by atoms with van der Waals surface area (Å²) in [5.74, 6) is 2.57. The van der Waals surface area contributed by atoms with E-state index in [4.69, 9.17) is 0 Å². The zero-order chi connectivity index (χ0) is 11.5. The minimum absolute atomic E-state index is 0.592. The summed E-state index contributed by atoms with van der Waals surface area (Å²) in [7, 11) is 0. The number of halogens is 1. The second kappa shape index (κ2) is 5.13. The number of aryl methyl sites for hydroxylation is 1. The summed E-state index contributed by atoms with van der Waals surface area (Å²) in [6.45, 7) is 5.14. The fraction of sp³-hybridized carbons (Fsp3) is 0.667. The van der Waals surface area contributed by atoms with Crippen molar-refractivity contribution in [1.29, 1.82) is 0 Å². The molecule has 0 unspecified atom stereocenters. The lowest BCUT2D eigenvalue weighted by Gasteiger charge is -2.24. The van der Waals surface area contributed by atoms with Gasteiger partial charge in [0.1, 0.15) is 11.6 Å². The second-order valence-corrected chi connectivity index (χ2v) is 5.18. The minimum atomic E-state index is 0.592. The van der Waals surface area contributed by atoms with Gasteiger partial charge in [0.05, 0.1) is 10.2 Å². The Morgan fingerprint density at radius 3 is 2.69 bits per heavy atom.